The molecule has 38 heavy (non-hydrogen) atoms. The lowest BCUT2D eigenvalue weighted by atomic mass is 10.1. The van der Waals surface area contributed by atoms with Crippen molar-refractivity contribution >= 4 is 22.6 Å². The highest BCUT2D eigenvalue weighted by Crippen LogP contribution is 2.20. The maximum absolute atomic E-state index is 13.5. The van der Waals surface area contributed by atoms with Crippen LogP contribution in [0.5, 0.6) is 0 Å². The molecule has 3 aromatic carbocycles. The summed E-state index contributed by atoms with van der Waals surface area (Å²) in [6, 6.07) is 29.0. The summed E-state index contributed by atoms with van der Waals surface area (Å²) in [5.41, 5.74) is 4.79. The summed E-state index contributed by atoms with van der Waals surface area (Å²) in [4.78, 5) is 22.4. The number of methoxy groups -OCH3 is 1. The molecule has 4 aromatic rings. The average molecular weight is 529 g/mol. The predicted octanol–water partition coefficient (Wildman–Crippen LogP) is 5.55. The SMILES string of the molecule is COCCN(CCC(=O)N(CCc1ccccc1)Cc1ccccc1)c1nc(Cc2ccc(C)cc2)ns1. The molecule has 1 amide bonds. The van der Waals surface area contributed by atoms with Gasteiger partial charge in [-0.05, 0) is 30.0 Å². The zero-order valence-electron chi connectivity index (χ0n) is 22.3. The van der Waals surface area contributed by atoms with Crippen LogP contribution in [0.4, 0.5) is 5.13 Å². The van der Waals surface area contributed by atoms with Crippen LogP contribution in [0.15, 0.2) is 84.9 Å². The largest absolute Gasteiger partial charge is 0.383 e. The van der Waals surface area contributed by atoms with E-state index in [-0.39, 0.29) is 5.91 Å². The number of carbonyl (C=O) groups is 1. The number of anilines is 1. The molecule has 0 aliphatic rings. The van der Waals surface area contributed by atoms with Crippen LogP contribution in [0.3, 0.4) is 0 Å². The van der Waals surface area contributed by atoms with E-state index in [2.05, 4.69) is 64.7 Å². The fraction of sp³-hybridized carbons (Fsp3) is 0.323. The molecule has 0 aliphatic heterocycles. The van der Waals surface area contributed by atoms with E-state index < -0.39 is 0 Å². The third kappa shape index (κ3) is 8.50. The average Bonchev–Trinajstić information content (AvgIpc) is 3.41. The van der Waals surface area contributed by atoms with E-state index in [1.165, 1.54) is 28.2 Å². The van der Waals surface area contributed by atoms with Crippen molar-refractivity contribution in [3.05, 3.63) is 113 Å². The van der Waals surface area contributed by atoms with Gasteiger partial charge in [-0.25, -0.2) is 4.98 Å². The second-order valence-electron chi connectivity index (χ2n) is 9.42. The smallest absolute Gasteiger partial charge is 0.224 e. The molecule has 0 saturated heterocycles. The Morgan fingerprint density at radius 3 is 2.21 bits per heavy atom. The van der Waals surface area contributed by atoms with Gasteiger partial charge < -0.3 is 14.5 Å². The molecule has 0 radical (unpaired) electrons. The van der Waals surface area contributed by atoms with Crippen LogP contribution in [0.2, 0.25) is 0 Å². The van der Waals surface area contributed by atoms with Gasteiger partial charge in [0.15, 0.2) is 0 Å². The zero-order valence-corrected chi connectivity index (χ0v) is 23.1. The number of aromatic nitrogens is 2. The molecule has 1 aromatic heterocycles. The first-order valence-electron chi connectivity index (χ1n) is 13.1. The molecule has 1 heterocycles. The van der Waals surface area contributed by atoms with Gasteiger partial charge in [0.25, 0.3) is 0 Å². The second-order valence-corrected chi connectivity index (χ2v) is 10.2. The molecule has 0 unspecified atom stereocenters. The lowest BCUT2D eigenvalue weighted by Crippen LogP contribution is -2.36. The zero-order chi connectivity index (χ0) is 26.6. The van der Waals surface area contributed by atoms with Crippen LogP contribution in [0.25, 0.3) is 0 Å². The predicted molar refractivity (Wildman–Crippen MR) is 155 cm³/mol. The van der Waals surface area contributed by atoms with Crippen LogP contribution in [-0.2, 0) is 28.9 Å². The first-order chi connectivity index (χ1) is 18.6. The number of nitrogens with zero attached hydrogens (tertiary/aromatic N) is 4. The molecule has 0 atom stereocenters. The summed E-state index contributed by atoms with van der Waals surface area (Å²) in [6.07, 6.45) is 1.92. The minimum Gasteiger partial charge on any atom is -0.383 e. The van der Waals surface area contributed by atoms with Gasteiger partial charge >= 0.3 is 0 Å². The molecule has 6 nitrogen and oxygen atoms in total. The van der Waals surface area contributed by atoms with E-state index in [1.807, 2.05) is 41.3 Å². The Balaban J connectivity index is 1.41. The third-order valence-corrected chi connectivity index (χ3v) is 7.27. The lowest BCUT2D eigenvalue weighted by Gasteiger charge is -2.26. The molecule has 0 spiro atoms. The first kappa shape index (κ1) is 27.5. The van der Waals surface area contributed by atoms with Gasteiger partial charge in [0.2, 0.25) is 11.0 Å². The molecule has 7 heteroatoms. The van der Waals surface area contributed by atoms with Crippen molar-refractivity contribution < 1.29 is 9.53 Å². The highest BCUT2D eigenvalue weighted by Gasteiger charge is 2.18. The van der Waals surface area contributed by atoms with E-state index in [9.17, 15) is 4.79 Å². The molecular formula is C31H36N4O2S. The van der Waals surface area contributed by atoms with Gasteiger partial charge in [0.05, 0.1) is 6.61 Å². The van der Waals surface area contributed by atoms with E-state index >= 15 is 0 Å². The Labute approximate surface area is 230 Å². The van der Waals surface area contributed by atoms with Crippen molar-refractivity contribution in [2.24, 2.45) is 0 Å². The van der Waals surface area contributed by atoms with Crippen molar-refractivity contribution in [3.63, 3.8) is 0 Å². The molecule has 0 saturated carbocycles. The minimum atomic E-state index is 0.136. The van der Waals surface area contributed by atoms with Crippen LogP contribution in [0.1, 0.15) is 34.5 Å². The van der Waals surface area contributed by atoms with Crippen molar-refractivity contribution in [1.82, 2.24) is 14.3 Å². The fourth-order valence-electron chi connectivity index (χ4n) is 4.23. The minimum absolute atomic E-state index is 0.136. The number of carbonyl (C=O) groups excluding carboxylic acids is 1. The van der Waals surface area contributed by atoms with Crippen molar-refractivity contribution in [1.29, 1.82) is 0 Å². The van der Waals surface area contributed by atoms with Gasteiger partial charge in [-0.1, -0.05) is 90.5 Å². The van der Waals surface area contributed by atoms with Gasteiger partial charge in [-0.15, -0.1) is 0 Å². The Kier molecular flexibility index (Phi) is 10.4. The Hall–Kier alpha value is -3.55. The summed E-state index contributed by atoms with van der Waals surface area (Å²) < 4.78 is 9.94. The van der Waals surface area contributed by atoms with Crippen molar-refractivity contribution in [2.45, 2.75) is 32.7 Å². The Bertz CT molecular complexity index is 1250. The Morgan fingerprint density at radius 1 is 0.842 bits per heavy atom. The number of hydrogen-bond acceptors (Lipinski definition) is 6. The maximum Gasteiger partial charge on any atom is 0.224 e. The van der Waals surface area contributed by atoms with E-state index in [4.69, 9.17) is 9.72 Å². The summed E-state index contributed by atoms with van der Waals surface area (Å²) >= 11 is 1.39. The van der Waals surface area contributed by atoms with Gasteiger partial charge in [-0.3, -0.25) is 4.79 Å². The van der Waals surface area contributed by atoms with Crippen LogP contribution in [-0.4, -0.2) is 53.5 Å². The van der Waals surface area contributed by atoms with E-state index in [1.54, 1.807) is 7.11 Å². The van der Waals surface area contributed by atoms with E-state index in [0.717, 1.165) is 22.9 Å². The summed E-state index contributed by atoms with van der Waals surface area (Å²) in [5, 5.41) is 0.829. The van der Waals surface area contributed by atoms with Crippen molar-refractivity contribution in [3.8, 4) is 0 Å². The second kappa shape index (κ2) is 14.4. The lowest BCUT2D eigenvalue weighted by molar-refractivity contribution is -0.131. The first-order valence-corrected chi connectivity index (χ1v) is 13.9. The molecular weight excluding hydrogens is 492 g/mol. The van der Waals surface area contributed by atoms with Gasteiger partial charge in [0, 0.05) is 57.7 Å². The van der Waals surface area contributed by atoms with Crippen LogP contribution >= 0.6 is 11.5 Å². The van der Waals surface area contributed by atoms with Gasteiger partial charge in [0.1, 0.15) is 5.82 Å². The highest BCUT2D eigenvalue weighted by molar-refractivity contribution is 7.09. The quantitative estimate of drug-likeness (QED) is 0.215. The molecule has 0 bridgehead atoms. The van der Waals surface area contributed by atoms with Gasteiger partial charge in [-0.2, -0.15) is 4.37 Å². The number of hydrogen-bond donors (Lipinski definition) is 0. The summed E-state index contributed by atoms with van der Waals surface area (Å²) in [7, 11) is 1.69. The standard InChI is InChI=1S/C31H36N4O2S/c1-25-13-15-27(16-14-25)23-29-32-31(38-33-29)34(21-22-37-2)20-18-30(36)35(24-28-11-7-4-8-12-28)19-17-26-9-5-3-6-10-26/h3-16H,17-24H2,1-2H3. The highest BCUT2D eigenvalue weighted by atomic mass is 32.1. The Morgan fingerprint density at radius 2 is 1.53 bits per heavy atom. The number of rotatable bonds is 14. The van der Waals surface area contributed by atoms with Crippen LogP contribution < -0.4 is 4.90 Å². The topological polar surface area (TPSA) is 58.6 Å². The normalized spacial score (nSPS) is 10.9. The number of aryl methyl sites for hydroxylation is 1. The molecule has 4 rings (SSSR count). The number of ether oxygens (including phenoxy) is 1. The number of benzene rings is 3. The van der Waals surface area contributed by atoms with Crippen molar-refractivity contribution in [2.75, 3.05) is 38.3 Å². The fourth-order valence-corrected chi connectivity index (χ4v) is 4.97. The monoisotopic (exact) mass is 528 g/mol. The molecule has 198 valence electrons. The summed E-state index contributed by atoms with van der Waals surface area (Å²) in [6.45, 7) is 5.15. The van der Waals surface area contributed by atoms with Crippen LogP contribution in [0, 0.1) is 6.92 Å². The third-order valence-electron chi connectivity index (χ3n) is 6.45. The van der Waals surface area contributed by atoms with E-state index in [0.29, 0.717) is 45.6 Å². The summed E-state index contributed by atoms with van der Waals surface area (Å²) in [5.74, 6) is 0.938. The molecule has 0 N–H and O–H groups in total. The molecule has 0 fully saturated rings. The number of amides is 1. The maximum atomic E-state index is 13.5. The molecule has 0 aliphatic carbocycles.